The maximum Gasteiger partial charge on any atom is 0.475 e. The molecule has 0 aliphatic carbocycles. The summed E-state index contributed by atoms with van der Waals surface area (Å²) in [6, 6.07) is 37.3. The minimum absolute atomic E-state index is 0.0295. The molecule has 4 aromatic rings. The van der Waals surface area contributed by atoms with Crippen LogP contribution in [0.15, 0.2) is 121 Å². The molecule has 0 bridgehead atoms. The van der Waals surface area contributed by atoms with E-state index in [2.05, 4.69) is 0 Å². The van der Waals surface area contributed by atoms with E-state index < -0.39 is 15.6 Å². The van der Waals surface area contributed by atoms with Crippen LogP contribution in [0.2, 0.25) is 0 Å². The highest BCUT2D eigenvalue weighted by Crippen LogP contribution is 2.52. The van der Waals surface area contributed by atoms with Crippen molar-refractivity contribution in [2.24, 2.45) is 0 Å². The Balaban J connectivity index is 1.31. The van der Waals surface area contributed by atoms with Gasteiger partial charge in [-0.1, -0.05) is 121 Å². The van der Waals surface area contributed by atoms with E-state index in [1.165, 1.54) is 0 Å². The summed E-state index contributed by atoms with van der Waals surface area (Å²) in [6.07, 6.45) is 0.237. The van der Waals surface area contributed by atoms with Gasteiger partial charge in [-0.3, -0.25) is 27.1 Å². The van der Waals surface area contributed by atoms with E-state index in [0.717, 1.165) is 22.3 Å². The Hall–Kier alpha value is -2.90. The first kappa shape index (κ1) is 31.0. The zero-order valence-electron chi connectivity index (χ0n) is 22.7. The highest BCUT2D eigenvalue weighted by Gasteiger charge is 2.29. The zero-order chi connectivity index (χ0) is 28.6. The first-order chi connectivity index (χ1) is 20.0. The molecular formula is C31H34O8P2. The molecule has 0 aliphatic heterocycles. The second-order valence-electron chi connectivity index (χ2n) is 8.95. The third-order valence-electron chi connectivity index (χ3n) is 5.72. The van der Waals surface area contributed by atoms with Crippen LogP contribution in [-0.2, 0) is 62.7 Å². The normalized spacial score (nSPS) is 11.9. The lowest BCUT2D eigenvalue weighted by Gasteiger charge is -2.20. The molecular weight excluding hydrogens is 562 g/mol. The maximum atomic E-state index is 13.4. The van der Waals surface area contributed by atoms with Gasteiger partial charge < -0.3 is 0 Å². The standard InChI is InChI=1S/C31H34O8P2/c32-40(36-24-28-14-5-1-6-15-28,37-25-29-16-7-2-8-17-29)34-22-13-23-35-41(33,38-26-30-18-9-3-10-19-30)39-27-31-20-11-4-12-21-31/h1-12,14-21H,13,22-27H2. The molecule has 4 rings (SSSR count). The minimum atomic E-state index is -3.92. The number of benzene rings is 4. The van der Waals surface area contributed by atoms with E-state index in [1.54, 1.807) is 0 Å². The first-order valence-corrected chi connectivity index (χ1v) is 16.2. The molecule has 0 spiro atoms. The Morgan fingerprint density at radius 2 is 0.610 bits per heavy atom. The molecule has 0 N–H and O–H groups in total. The van der Waals surface area contributed by atoms with Crippen molar-refractivity contribution in [3.8, 4) is 0 Å². The Labute approximate surface area is 241 Å². The van der Waals surface area contributed by atoms with Crippen molar-refractivity contribution in [3.63, 3.8) is 0 Å². The van der Waals surface area contributed by atoms with Gasteiger partial charge >= 0.3 is 15.6 Å². The van der Waals surface area contributed by atoms with Gasteiger partial charge in [0, 0.05) is 0 Å². The van der Waals surface area contributed by atoms with Gasteiger partial charge in [-0.15, -0.1) is 0 Å². The summed E-state index contributed by atoms with van der Waals surface area (Å²) in [7, 11) is -7.85. The zero-order valence-corrected chi connectivity index (χ0v) is 24.4. The summed E-state index contributed by atoms with van der Waals surface area (Å²) in [5.41, 5.74) is 3.31. The average Bonchev–Trinajstić information content (AvgIpc) is 3.03. The Morgan fingerprint density at radius 1 is 0.366 bits per heavy atom. The summed E-state index contributed by atoms with van der Waals surface area (Å²) in [6.45, 7) is 0.160. The monoisotopic (exact) mass is 596 g/mol. The molecule has 0 saturated carbocycles. The number of hydrogen-bond acceptors (Lipinski definition) is 8. The predicted octanol–water partition coefficient (Wildman–Crippen LogP) is 8.49. The van der Waals surface area contributed by atoms with Gasteiger partial charge in [0.15, 0.2) is 0 Å². The summed E-state index contributed by atoms with van der Waals surface area (Å²) in [4.78, 5) is 0. The molecule has 0 atom stereocenters. The molecule has 10 heteroatoms. The van der Waals surface area contributed by atoms with Crippen molar-refractivity contribution < 1.29 is 36.3 Å². The van der Waals surface area contributed by atoms with Crippen LogP contribution in [0.5, 0.6) is 0 Å². The summed E-state index contributed by atoms with van der Waals surface area (Å²) in [5, 5.41) is 0. The van der Waals surface area contributed by atoms with Crippen LogP contribution in [0.1, 0.15) is 28.7 Å². The predicted molar refractivity (Wildman–Crippen MR) is 157 cm³/mol. The van der Waals surface area contributed by atoms with Crippen molar-refractivity contribution in [2.45, 2.75) is 32.8 Å². The third kappa shape index (κ3) is 11.5. The molecule has 0 saturated heterocycles. The van der Waals surface area contributed by atoms with Crippen LogP contribution in [-0.4, -0.2) is 13.2 Å². The fourth-order valence-corrected chi connectivity index (χ4v) is 5.93. The van der Waals surface area contributed by atoms with Crippen molar-refractivity contribution in [2.75, 3.05) is 13.2 Å². The number of phosphoric ester groups is 2. The van der Waals surface area contributed by atoms with E-state index in [1.807, 2.05) is 121 Å². The van der Waals surface area contributed by atoms with Gasteiger partial charge in [0.25, 0.3) is 0 Å². The maximum absolute atomic E-state index is 13.4. The summed E-state index contributed by atoms with van der Waals surface area (Å²) in [5.74, 6) is 0. The molecule has 0 heterocycles. The molecule has 0 fully saturated rings. The number of rotatable bonds is 18. The highest BCUT2D eigenvalue weighted by atomic mass is 31.2. The van der Waals surface area contributed by atoms with Crippen LogP contribution in [0.3, 0.4) is 0 Å². The average molecular weight is 597 g/mol. The molecule has 4 aromatic carbocycles. The molecule has 0 radical (unpaired) electrons. The van der Waals surface area contributed by atoms with Crippen LogP contribution in [0.4, 0.5) is 0 Å². The second-order valence-corrected chi connectivity index (χ2v) is 12.3. The molecule has 216 valence electrons. The van der Waals surface area contributed by atoms with Crippen LogP contribution >= 0.6 is 15.6 Å². The third-order valence-corrected chi connectivity index (χ3v) is 8.50. The van der Waals surface area contributed by atoms with Gasteiger partial charge in [0.1, 0.15) is 0 Å². The van der Waals surface area contributed by atoms with Gasteiger partial charge in [-0.2, -0.15) is 0 Å². The molecule has 0 aromatic heterocycles. The van der Waals surface area contributed by atoms with Crippen LogP contribution in [0.25, 0.3) is 0 Å². The second kappa shape index (κ2) is 16.5. The van der Waals surface area contributed by atoms with Crippen molar-refractivity contribution in [3.05, 3.63) is 144 Å². The lowest BCUT2D eigenvalue weighted by Crippen LogP contribution is -2.06. The van der Waals surface area contributed by atoms with Crippen molar-refractivity contribution in [1.29, 1.82) is 0 Å². The fourth-order valence-electron chi connectivity index (χ4n) is 3.55. The molecule has 8 nitrogen and oxygen atoms in total. The fraction of sp³-hybridized carbons (Fsp3) is 0.226. The number of phosphoric acid groups is 2. The number of hydrogen-bond donors (Lipinski definition) is 0. The Kier molecular flexibility index (Phi) is 12.5. The van der Waals surface area contributed by atoms with E-state index in [9.17, 15) is 9.13 Å². The highest BCUT2D eigenvalue weighted by molar-refractivity contribution is 7.48. The topological polar surface area (TPSA) is 89.5 Å². The van der Waals surface area contributed by atoms with E-state index in [-0.39, 0.29) is 46.1 Å². The van der Waals surface area contributed by atoms with Gasteiger partial charge in [0.05, 0.1) is 39.6 Å². The van der Waals surface area contributed by atoms with E-state index >= 15 is 0 Å². The lowest BCUT2D eigenvalue weighted by molar-refractivity contribution is 0.0842. The SMILES string of the molecule is O=P(OCCCOP(=O)(OCc1ccccc1)OCc1ccccc1)(OCc1ccccc1)OCc1ccccc1. The molecule has 0 aliphatic rings. The first-order valence-electron chi connectivity index (χ1n) is 13.2. The van der Waals surface area contributed by atoms with Gasteiger partial charge in [-0.05, 0) is 28.7 Å². The summed E-state index contributed by atoms with van der Waals surface area (Å²) < 4.78 is 60.6. The Bertz CT molecular complexity index is 1170. The van der Waals surface area contributed by atoms with Crippen LogP contribution in [0, 0.1) is 0 Å². The van der Waals surface area contributed by atoms with Crippen LogP contribution < -0.4 is 0 Å². The van der Waals surface area contributed by atoms with E-state index in [4.69, 9.17) is 27.1 Å². The van der Waals surface area contributed by atoms with Gasteiger partial charge in [0.2, 0.25) is 0 Å². The minimum Gasteiger partial charge on any atom is -0.287 e. The molecule has 41 heavy (non-hydrogen) atoms. The van der Waals surface area contributed by atoms with Crippen molar-refractivity contribution >= 4 is 15.6 Å². The largest absolute Gasteiger partial charge is 0.475 e. The van der Waals surface area contributed by atoms with Crippen molar-refractivity contribution in [1.82, 2.24) is 0 Å². The van der Waals surface area contributed by atoms with E-state index in [0.29, 0.717) is 0 Å². The lowest BCUT2D eigenvalue weighted by atomic mass is 10.2. The van der Waals surface area contributed by atoms with Gasteiger partial charge in [-0.25, -0.2) is 9.13 Å². The smallest absolute Gasteiger partial charge is 0.287 e. The summed E-state index contributed by atoms with van der Waals surface area (Å²) >= 11 is 0. The molecule has 0 unspecified atom stereocenters. The Morgan fingerprint density at radius 3 is 0.854 bits per heavy atom. The quantitative estimate of drug-likeness (QED) is 0.0835. The molecule has 0 amide bonds.